The smallest absolute Gasteiger partial charge is 0.273 e. The minimum absolute atomic E-state index is 0.0863. The van der Waals surface area contributed by atoms with Crippen LogP contribution >= 0.6 is 0 Å². The van der Waals surface area contributed by atoms with E-state index in [1.54, 1.807) is 29.6 Å². The third kappa shape index (κ3) is 3.35. The summed E-state index contributed by atoms with van der Waals surface area (Å²) in [6.45, 7) is 4.41. The molecule has 0 radical (unpaired) electrons. The van der Waals surface area contributed by atoms with Gasteiger partial charge in [-0.15, -0.1) is 0 Å². The van der Waals surface area contributed by atoms with Gasteiger partial charge in [-0.05, 0) is 31.5 Å². The van der Waals surface area contributed by atoms with Crippen molar-refractivity contribution >= 4 is 5.91 Å². The highest BCUT2D eigenvalue weighted by atomic mass is 16.2. The van der Waals surface area contributed by atoms with Crippen LogP contribution < -0.4 is 0 Å². The van der Waals surface area contributed by atoms with E-state index in [0.29, 0.717) is 12.2 Å². The maximum atomic E-state index is 13.0. The number of aromatic nitrogens is 3. The number of benzene rings is 1. The Balaban J connectivity index is 1.94. The summed E-state index contributed by atoms with van der Waals surface area (Å²) in [5.74, 6) is -0.102. The summed E-state index contributed by atoms with van der Waals surface area (Å²) in [5.41, 5.74) is 3.35. The zero-order chi connectivity index (χ0) is 16.9. The van der Waals surface area contributed by atoms with Crippen LogP contribution in [0.15, 0.2) is 61.1 Å². The lowest BCUT2D eigenvalue weighted by Gasteiger charge is -2.29. The molecule has 5 nitrogen and oxygen atoms in total. The van der Waals surface area contributed by atoms with Gasteiger partial charge < -0.3 is 9.88 Å². The summed E-state index contributed by atoms with van der Waals surface area (Å²) in [6.07, 6.45) is 3.29. The fourth-order valence-electron chi connectivity index (χ4n) is 2.64. The lowest BCUT2D eigenvalue weighted by Crippen LogP contribution is -2.34. The van der Waals surface area contributed by atoms with Gasteiger partial charge in [0.25, 0.3) is 5.91 Å². The van der Waals surface area contributed by atoms with Crippen molar-refractivity contribution in [3.8, 4) is 0 Å². The van der Waals surface area contributed by atoms with Gasteiger partial charge in [-0.3, -0.25) is 9.78 Å². The number of rotatable bonds is 5. The number of aromatic amines is 1. The third-order valence-corrected chi connectivity index (χ3v) is 4.15. The van der Waals surface area contributed by atoms with Gasteiger partial charge in [0.2, 0.25) is 0 Å². The van der Waals surface area contributed by atoms with Crippen LogP contribution in [0.1, 0.15) is 40.4 Å². The summed E-state index contributed by atoms with van der Waals surface area (Å²) in [6, 6.07) is 15.3. The maximum absolute atomic E-state index is 13.0. The van der Waals surface area contributed by atoms with E-state index < -0.39 is 0 Å². The molecular weight excluding hydrogens is 300 g/mol. The monoisotopic (exact) mass is 320 g/mol. The summed E-state index contributed by atoms with van der Waals surface area (Å²) in [7, 11) is 0. The second-order valence-electron chi connectivity index (χ2n) is 5.71. The van der Waals surface area contributed by atoms with Crippen LogP contribution in [-0.2, 0) is 6.54 Å². The molecule has 3 rings (SSSR count). The third-order valence-electron chi connectivity index (χ3n) is 4.15. The zero-order valence-electron chi connectivity index (χ0n) is 13.8. The average Bonchev–Trinajstić information content (AvgIpc) is 3.05. The molecule has 0 spiro atoms. The fraction of sp³-hybridized carbons (Fsp3) is 0.211. The van der Waals surface area contributed by atoms with Crippen LogP contribution in [0.2, 0.25) is 0 Å². The molecule has 0 unspecified atom stereocenters. The molecule has 0 fully saturated rings. The van der Waals surface area contributed by atoms with Crippen LogP contribution in [-0.4, -0.2) is 25.8 Å². The molecule has 1 aromatic carbocycles. The van der Waals surface area contributed by atoms with E-state index in [-0.39, 0.29) is 11.9 Å². The number of hydrogen-bond acceptors (Lipinski definition) is 3. The molecule has 1 N–H and O–H groups in total. The van der Waals surface area contributed by atoms with E-state index in [1.807, 2.05) is 50.2 Å². The second kappa shape index (κ2) is 7.08. The summed E-state index contributed by atoms with van der Waals surface area (Å²) in [4.78, 5) is 26.4. The Labute approximate surface area is 141 Å². The average molecular weight is 320 g/mol. The molecule has 3 aromatic rings. The highest BCUT2D eigenvalue weighted by Gasteiger charge is 2.25. The molecule has 0 saturated heterocycles. The predicted molar refractivity (Wildman–Crippen MR) is 92.3 cm³/mol. The minimum atomic E-state index is -0.102. The first-order chi connectivity index (χ1) is 11.7. The number of pyridine rings is 1. The first-order valence-corrected chi connectivity index (χ1v) is 7.92. The van der Waals surface area contributed by atoms with Crippen LogP contribution in [0.5, 0.6) is 0 Å². The maximum Gasteiger partial charge on any atom is 0.273 e. The Morgan fingerprint density at radius 2 is 1.88 bits per heavy atom. The van der Waals surface area contributed by atoms with Crippen molar-refractivity contribution in [3.63, 3.8) is 0 Å². The molecule has 0 aliphatic carbocycles. The van der Waals surface area contributed by atoms with Crippen LogP contribution in [0, 0.1) is 6.92 Å². The number of amides is 1. The van der Waals surface area contributed by atoms with Gasteiger partial charge in [-0.1, -0.05) is 36.4 Å². The Hall–Kier alpha value is -2.95. The molecule has 24 heavy (non-hydrogen) atoms. The lowest BCUT2D eigenvalue weighted by atomic mass is 10.1. The number of carbonyl (C=O) groups excluding carboxylic acids is 1. The molecule has 2 heterocycles. The number of H-pyrrole nitrogens is 1. The van der Waals surface area contributed by atoms with Crippen molar-refractivity contribution in [2.75, 3.05) is 0 Å². The molecular formula is C19H20N4O. The highest BCUT2D eigenvalue weighted by molar-refractivity contribution is 5.92. The lowest BCUT2D eigenvalue weighted by molar-refractivity contribution is 0.0665. The zero-order valence-corrected chi connectivity index (χ0v) is 13.8. The van der Waals surface area contributed by atoms with Crippen molar-refractivity contribution in [3.05, 3.63) is 83.7 Å². The van der Waals surface area contributed by atoms with E-state index in [9.17, 15) is 4.79 Å². The summed E-state index contributed by atoms with van der Waals surface area (Å²) in [5, 5.41) is 0. The number of aryl methyl sites for hydroxylation is 1. The molecule has 2 aromatic heterocycles. The van der Waals surface area contributed by atoms with Gasteiger partial charge in [0.1, 0.15) is 5.69 Å². The van der Waals surface area contributed by atoms with Crippen molar-refractivity contribution in [1.82, 2.24) is 19.9 Å². The topological polar surface area (TPSA) is 61.9 Å². The van der Waals surface area contributed by atoms with Crippen molar-refractivity contribution in [2.24, 2.45) is 0 Å². The summed E-state index contributed by atoms with van der Waals surface area (Å²) < 4.78 is 0. The van der Waals surface area contributed by atoms with E-state index >= 15 is 0 Å². The SMILES string of the molecule is Cc1[nH]cnc1CN(C(=O)c1ccccn1)[C@H](C)c1ccccc1. The van der Waals surface area contributed by atoms with Crippen molar-refractivity contribution < 1.29 is 4.79 Å². The first kappa shape index (κ1) is 15.9. The molecule has 0 aliphatic heterocycles. The van der Waals surface area contributed by atoms with E-state index in [4.69, 9.17) is 0 Å². The van der Waals surface area contributed by atoms with Gasteiger partial charge in [-0.25, -0.2) is 4.98 Å². The number of nitrogens with zero attached hydrogens (tertiary/aromatic N) is 3. The van der Waals surface area contributed by atoms with Gasteiger partial charge in [0.05, 0.1) is 24.6 Å². The summed E-state index contributed by atoms with van der Waals surface area (Å²) >= 11 is 0. The fourth-order valence-corrected chi connectivity index (χ4v) is 2.64. The standard InChI is InChI=1S/C19H20N4O/c1-14-18(22-13-21-14)12-23(15(2)16-8-4-3-5-9-16)19(24)17-10-6-7-11-20-17/h3-11,13,15H,12H2,1-2H3,(H,21,22)/t15-/m1/s1. The van der Waals surface area contributed by atoms with Gasteiger partial charge in [0.15, 0.2) is 0 Å². The van der Waals surface area contributed by atoms with Gasteiger partial charge >= 0.3 is 0 Å². The van der Waals surface area contributed by atoms with E-state index in [2.05, 4.69) is 15.0 Å². The Morgan fingerprint density at radius 1 is 1.12 bits per heavy atom. The predicted octanol–water partition coefficient (Wildman–Crippen LogP) is 3.52. The van der Waals surface area contributed by atoms with Gasteiger partial charge in [-0.2, -0.15) is 0 Å². The molecule has 0 bridgehead atoms. The van der Waals surface area contributed by atoms with Crippen molar-refractivity contribution in [1.29, 1.82) is 0 Å². The van der Waals surface area contributed by atoms with Gasteiger partial charge in [0, 0.05) is 11.9 Å². The van der Waals surface area contributed by atoms with E-state index in [0.717, 1.165) is 17.0 Å². The van der Waals surface area contributed by atoms with Crippen LogP contribution in [0.3, 0.4) is 0 Å². The van der Waals surface area contributed by atoms with Crippen LogP contribution in [0.4, 0.5) is 0 Å². The van der Waals surface area contributed by atoms with Crippen molar-refractivity contribution in [2.45, 2.75) is 26.4 Å². The molecule has 1 amide bonds. The molecule has 122 valence electrons. The minimum Gasteiger partial charge on any atom is -0.348 e. The van der Waals surface area contributed by atoms with Crippen LogP contribution in [0.25, 0.3) is 0 Å². The molecule has 5 heteroatoms. The molecule has 0 aliphatic rings. The highest BCUT2D eigenvalue weighted by Crippen LogP contribution is 2.24. The normalized spacial score (nSPS) is 11.9. The van der Waals surface area contributed by atoms with E-state index in [1.165, 1.54) is 0 Å². The molecule has 0 saturated carbocycles. The quantitative estimate of drug-likeness (QED) is 0.782. The Bertz CT molecular complexity index is 799. The first-order valence-electron chi connectivity index (χ1n) is 7.92. The number of carbonyl (C=O) groups is 1. The second-order valence-corrected chi connectivity index (χ2v) is 5.71. The Kier molecular flexibility index (Phi) is 4.70. The number of imidazole rings is 1. The largest absolute Gasteiger partial charge is 0.348 e. The Morgan fingerprint density at radius 3 is 2.50 bits per heavy atom. The molecule has 1 atom stereocenters. The number of hydrogen-bond donors (Lipinski definition) is 1. The number of nitrogens with one attached hydrogen (secondary N) is 1.